The van der Waals surface area contributed by atoms with E-state index in [4.69, 9.17) is 4.74 Å². The molecular weight excluding hydrogens is 218 g/mol. The monoisotopic (exact) mass is 235 g/mol. The van der Waals surface area contributed by atoms with E-state index in [2.05, 4.69) is 0 Å². The molecule has 0 radical (unpaired) electrons. The number of aliphatic hydroxyl groups is 1. The van der Waals surface area contributed by atoms with Crippen molar-refractivity contribution < 1.29 is 14.6 Å². The highest BCUT2D eigenvalue weighted by molar-refractivity contribution is 5.76. The molecule has 1 amide bonds. The topological polar surface area (TPSA) is 49.8 Å². The van der Waals surface area contributed by atoms with E-state index in [1.54, 1.807) is 6.92 Å². The van der Waals surface area contributed by atoms with Crippen LogP contribution in [0.25, 0.3) is 0 Å². The van der Waals surface area contributed by atoms with E-state index in [-0.39, 0.29) is 18.1 Å². The maximum absolute atomic E-state index is 11.7. The summed E-state index contributed by atoms with van der Waals surface area (Å²) in [5.74, 6) is -0.0940. The van der Waals surface area contributed by atoms with E-state index in [0.29, 0.717) is 6.42 Å². The molecule has 1 aromatic rings. The summed E-state index contributed by atoms with van der Waals surface area (Å²) in [7, 11) is 0. The smallest absolute Gasteiger partial charge is 0.241 e. The fourth-order valence-corrected chi connectivity index (χ4v) is 2.19. The summed E-state index contributed by atoms with van der Waals surface area (Å²) >= 11 is 0. The van der Waals surface area contributed by atoms with Crippen LogP contribution in [-0.2, 0) is 9.53 Å². The first-order valence-electron chi connectivity index (χ1n) is 5.84. The molecule has 4 nitrogen and oxygen atoms in total. The normalized spacial score (nSPS) is 28.4. The predicted molar refractivity (Wildman–Crippen MR) is 62.9 cm³/mol. The number of carbonyl (C=O) groups is 1. The van der Waals surface area contributed by atoms with Crippen molar-refractivity contribution in [1.82, 2.24) is 4.90 Å². The minimum Gasteiger partial charge on any atom is -0.351 e. The van der Waals surface area contributed by atoms with Gasteiger partial charge in [-0.15, -0.1) is 0 Å². The molecule has 0 spiro atoms. The average molecular weight is 235 g/mol. The second-order valence-electron chi connectivity index (χ2n) is 4.19. The molecule has 0 aliphatic carbocycles. The first-order chi connectivity index (χ1) is 8.15. The van der Waals surface area contributed by atoms with Gasteiger partial charge in [-0.3, -0.25) is 9.69 Å². The van der Waals surface area contributed by atoms with Crippen LogP contribution in [-0.4, -0.2) is 28.4 Å². The van der Waals surface area contributed by atoms with Gasteiger partial charge >= 0.3 is 0 Å². The highest BCUT2D eigenvalue weighted by atomic mass is 16.6. The molecule has 1 unspecified atom stereocenters. The number of hydrogen-bond acceptors (Lipinski definition) is 3. The molecule has 1 N–H and O–H groups in total. The third-order valence-electron chi connectivity index (χ3n) is 3.10. The van der Waals surface area contributed by atoms with Gasteiger partial charge in [0.15, 0.2) is 0 Å². The zero-order valence-electron chi connectivity index (χ0n) is 10.0. The third-order valence-corrected chi connectivity index (χ3v) is 3.10. The van der Waals surface area contributed by atoms with Gasteiger partial charge < -0.3 is 9.84 Å². The molecule has 0 bridgehead atoms. The van der Waals surface area contributed by atoms with Crippen molar-refractivity contribution in [2.75, 3.05) is 0 Å². The van der Waals surface area contributed by atoms with E-state index in [1.807, 2.05) is 37.3 Å². The molecule has 4 heteroatoms. The number of nitrogens with zero attached hydrogens (tertiary/aromatic N) is 1. The Bertz CT molecular complexity index is 393. The van der Waals surface area contributed by atoms with Crippen LogP contribution in [0, 0.1) is 0 Å². The fraction of sp³-hybridized carbons (Fsp3) is 0.462. The third kappa shape index (κ3) is 2.18. The van der Waals surface area contributed by atoms with Gasteiger partial charge in [-0.1, -0.05) is 37.3 Å². The Balaban J connectivity index is 2.21. The summed E-state index contributed by atoms with van der Waals surface area (Å²) < 4.78 is 5.46. The molecule has 1 aromatic carbocycles. The lowest BCUT2D eigenvalue weighted by molar-refractivity contribution is -0.170. The van der Waals surface area contributed by atoms with Gasteiger partial charge in [-0.25, -0.2) is 0 Å². The first kappa shape index (κ1) is 12.1. The molecule has 1 aliphatic rings. The number of benzene rings is 1. The predicted octanol–water partition coefficient (Wildman–Crippen LogP) is 1.66. The van der Waals surface area contributed by atoms with Gasteiger partial charge in [0.2, 0.25) is 12.3 Å². The zero-order valence-corrected chi connectivity index (χ0v) is 10.0. The van der Waals surface area contributed by atoms with Gasteiger partial charge in [0.25, 0.3) is 0 Å². The van der Waals surface area contributed by atoms with Crippen molar-refractivity contribution >= 4 is 5.91 Å². The van der Waals surface area contributed by atoms with E-state index in [0.717, 1.165) is 5.56 Å². The molecule has 1 aliphatic heterocycles. The van der Waals surface area contributed by atoms with Crippen LogP contribution in [0.15, 0.2) is 30.3 Å². The quantitative estimate of drug-likeness (QED) is 0.848. The molecule has 0 saturated carbocycles. The van der Waals surface area contributed by atoms with Crippen molar-refractivity contribution in [3.05, 3.63) is 35.9 Å². The SMILES string of the molecule is CCC(=O)N1C(O)O[C@@H](c2ccccc2)[C@H]1C. The van der Waals surface area contributed by atoms with Gasteiger partial charge in [0, 0.05) is 6.42 Å². The lowest BCUT2D eigenvalue weighted by Crippen LogP contribution is -2.40. The van der Waals surface area contributed by atoms with Gasteiger partial charge in [-0.05, 0) is 12.5 Å². The maximum Gasteiger partial charge on any atom is 0.241 e. The minimum absolute atomic E-state index is 0.0940. The molecule has 1 fully saturated rings. The summed E-state index contributed by atoms with van der Waals surface area (Å²) in [6.45, 7) is 3.67. The average Bonchev–Trinajstić information content (AvgIpc) is 2.65. The highest BCUT2D eigenvalue weighted by Crippen LogP contribution is 2.34. The van der Waals surface area contributed by atoms with Gasteiger partial charge in [-0.2, -0.15) is 0 Å². The van der Waals surface area contributed by atoms with Crippen LogP contribution < -0.4 is 0 Å². The summed E-state index contributed by atoms with van der Waals surface area (Å²) in [5, 5.41) is 9.78. The fourth-order valence-electron chi connectivity index (χ4n) is 2.19. The number of ether oxygens (including phenoxy) is 1. The molecule has 3 atom stereocenters. The van der Waals surface area contributed by atoms with Crippen LogP contribution in [0.4, 0.5) is 0 Å². The largest absolute Gasteiger partial charge is 0.351 e. The Morgan fingerprint density at radius 1 is 1.41 bits per heavy atom. The molecular formula is C13H17NO3. The highest BCUT2D eigenvalue weighted by Gasteiger charge is 2.41. The Kier molecular flexibility index (Phi) is 3.45. The zero-order chi connectivity index (χ0) is 12.4. The molecule has 92 valence electrons. The van der Waals surface area contributed by atoms with E-state index >= 15 is 0 Å². The summed E-state index contributed by atoms with van der Waals surface area (Å²) in [6, 6.07) is 9.49. The summed E-state index contributed by atoms with van der Waals surface area (Å²) in [4.78, 5) is 13.1. The standard InChI is InChI=1S/C13H17NO3/c1-3-11(15)14-9(2)12(17-13(14)16)10-7-5-4-6-8-10/h4-9,12-13,16H,3H2,1-2H3/t9-,12-,13?/m1/s1. The molecule has 17 heavy (non-hydrogen) atoms. The van der Waals surface area contributed by atoms with Crippen molar-refractivity contribution in [2.45, 2.75) is 38.8 Å². The van der Waals surface area contributed by atoms with E-state index in [9.17, 15) is 9.90 Å². The summed E-state index contributed by atoms with van der Waals surface area (Å²) in [6.07, 6.45) is -1.03. The number of rotatable bonds is 2. The van der Waals surface area contributed by atoms with E-state index < -0.39 is 6.41 Å². The Morgan fingerprint density at radius 2 is 2.06 bits per heavy atom. The van der Waals surface area contributed by atoms with Crippen LogP contribution in [0.3, 0.4) is 0 Å². The second-order valence-corrected chi connectivity index (χ2v) is 4.19. The van der Waals surface area contributed by atoms with Gasteiger partial charge in [0.05, 0.1) is 6.04 Å². The van der Waals surface area contributed by atoms with Crippen LogP contribution in [0.2, 0.25) is 0 Å². The Labute approximate surface area is 101 Å². The molecule has 1 saturated heterocycles. The molecule has 0 aromatic heterocycles. The molecule has 2 rings (SSSR count). The minimum atomic E-state index is -1.14. The first-order valence-corrected chi connectivity index (χ1v) is 5.84. The lowest BCUT2D eigenvalue weighted by Gasteiger charge is -2.23. The van der Waals surface area contributed by atoms with Gasteiger partial charge in [0.1, 0.15) is 6.10 Å². The second kappa shape index (κ2) is 4.85. The molecule has 1 heterocycles. The van der Waals surface area contributed by atoms with Crippen molar-refractivity contribution in [1.29, 1.82) is 0 Å². The van der Waals surface area contributed by atoms with E-state index in [1.165, 1.54) is 4.90 Å². The van der Waals surface area contributed by atoms with Crippen LogP contribution in [0.5, 0.6) is 0 Å². The number of hydrogen-bond donors (Lipinski definition) is 1. The van der Waals surface area contributed by atoms with Crippen molar-refractivity contribution in [3.63, 3.8) is 0 Å². The lowest BCUT2D eigenvalue weighted by atomic mass is 10.0. The maximum atomic E-state index is 11.7. The Morgan fingerprint density at radius 3 is 2.65 bits per heavy atom. The van der Waals surface area contributed by atoms with Crippen LogP contribution >= 0.6 is 0 Å². The number of amides is 1. The van der Waals surface area contributed by atoms with Crippen LogP contribution in [0.1, 0.15) is 31.9 Å². The number of carbonyl (C=O) groups excluding carboxylic acids is 1. The number of aliphatic hydroxyl groups excluding tert-OH is 1. The summed E-state index contributed by atoms with van der Waals surface area (Å²) in [5.41, 5.74) is 0.977. The van der Waals surface area contributed by atoms with Crippen molar-refractivity contribution in [2.24, 2.45) is 0 Å². The van der Waals surface area contributed by atoms with Crippen molar-refractivity contribution in [3.8, 4) is 0 Å². The Hall–Kier alpha value is -1.39.